The Kier molecular flexibility index (Phi) is 2.52. The van der Waals surface area contributed by atoms with Gasteiger partial charge < -0.3 is 0 Å². The topological polar surface area (TPSA) is 0 Å². The van der Waals surface area contributed by atoms with E-state index in [1.165, 1.54) is 0 Å². The van der Waals surface area contributed by atoms with Crippen LogP contribution in [0, 0.1) is 0 Å². The first-order valence-corrected chi connectivity index (χ1v) is 3.56. The summed E-state index contributed by atoms with van der Waals surface area (Å²) in [4.78, 5) is 0. The summed E-state index contributed by atoms with van der Waals surface area (Å²) in [7, 11) is 0. The fourth-order valence-electron chi connectivity index (χ4n) is 0.819. The van der Waals surface area contributed by atoms with Gasteiger partial charge in [-0.1, -0.05) is 35.9 Å². The van der Waals surface area contributed by atoms with Crippen molar-refractivity contribution in [1.29, 1.82) is 0 Å². The van der Waals surface area contributed by atoms with Crippen LogP contribution in [-0.4, -0.2) is 0 Å². The lowest BCUT2D eigenvalue weighted by molar-refractivity contribution is 1.28. The first kappa shape index (κ1) is 7.36. The lowest BCUT2D eigenvalue weighted by atomic mass is 10.1. The van der Waals surface area contributed by atoms with Crippen LogP contribution < -0.4 is 0 Å². The van der Waals surface area contributed by atoms with Gasteiger partial charge in [0.25, 0.3) is 0 Å². The van der Waals surface area contributed by atoms with E-state index >= 15 is 0 Å². The van der Waals surface area contributed by atoms with Crippen molar-refractivity contribution in [3.8, 4) is 0 Å². The molecule has 0 heterocycles. The highest BCUT2D eigenvalue weighted by Crippen LogP contribution is 2.14. The normalized spacial score (nSPS) is 9.30. The van der Waals surface area contributed by atoms with Crippen molar-refractivity contribution in [3.05, 3.63) is 47.5 Å². The molecule has 0 saturated heterocycles. The van der Waals surface area contributed by atoms with E-state index in [4.69, 9.17) is 11.6 Å². The Morgan fingerprint density at radius 2 is 2.10 bits per heavy atom. The maximum absolute atomic E-state index is 5.86. The molecule has 0 N–H and O–H groups in total. The predicted molar refractivity (Wildman–Crippen MR) is 45.4 cm³/mol. The van der Waals surface area contributed by atoms with Crippen LogP contribution in [0.3, 0.4) is 0 Å². The molecule has 0 spiro atoms. The van der Waals surface area contributed by atoms with Gasteiger partial charge >= 0.3 is 0 Å². The fraction of sp³-hybridized carbons (Fsp3) is 0.111. The summed E-state index contributed by atoms with van der Waals surface area (Å²) in [5.74, 6) is 0. The number of hydrogen-bond acceptors (Lipinski definition) is 0. The Balaban J connectivity index is 2.91. The van der Waals surface area contributed by atoms with Crippen molar-refractivity contribution in [2.24, 2.45) is 0 Å². The van der Waals surface area contributed by atoms with Gasteiger partial charge in [0.15, 0.2) is 0 Å². The maximum atomic E-state index is 5.86. The molecule has 0 aliphatic carbocycles. The largest absolute Gasteiger partial charge is 0.103 e. The number of allylic oxidation sites excluding steroid dienone is 1. The van der Waals surface area contributed by atoms with Crippen LogP contribution in [0.25, 0.3) is 0 Å². The van der Waals surface area contributed by atoms with E-state index in [2.05, 4.69) is 6.58 Å². The van der Waals surface area contributed by atoms with Crippen LogP contribution in [0.1, 0.15) is 5.56 Å². The van der Waals surface area contributed by atoms with Gasteiger partial charge in [-0.05, 0) is 18.1 Å². The second-order valence-corrected chi connectivity index (χ2v) is 2.49. The van der Waals surface area contributed by atoms with Crippen molar-refractivity contribution in [2.75, 3.05) is 0 Å². The van der Waals surface area contributed by atoms with Crippen molar-refractivity contribution >= 4 is 11.6 Å². The molecule has 0 aliphatic rings. The molecule has 0 saturated carbocycles. The third kappa shape index (κ3) is 1.61. The molecule has 0 aromatic heterocycles. The number of benzene rings is 1. The summed E-state index contributed by atoms with van der Waals surface area (Å²) in [6.45, 7) is 3.64. The Labute approximate surface area is 66.1 Å². The maximum Gasteiger partial charge on any atom is 0.0441 e. The Morgan fingerprint density at radius 3 is 2.70 bits per heavy atom. The highest BCUT2D eigenvalue weighted by molar-refractivity contribution is 6.31. The molecule has 1 rings (SSSR count). The van der Waals surface area contributed by atoms with Crippen LogP contribution in [-0.2, 0) is 6.42 Å². The summed E-state index contributed by atoms with van der Waals surface area (Å²) < 4.78 is 0. The SMILES string of the molecule is C=CCc1ccccc1Cl. The molecule has 0 radical (unpaired) electrons. The van der Waals surface area contributed by atoms with Gasteiger partial charge in [-0.2, -0.15) is 0 Å². The molecule has 0 nitrogen and oxygen atoms in total. The van der Waals surface area contributed by atoms with Crippen LogP contribution in [0.2, 0.25) is 5.02 Å². The number of halogens is 1. The van der Waals surface area contributed by atoms with E-state index < -0.39 is 0 Å². The van der Waals surface area contributed by atoms with E-state index in [0.29, 0.717) is 0 Å². The van der Waals surface area contributed by atoms with Gasteiger partial charge in [0.05, 0.1) is 0 Å². The van der Waals surface area contributed by atoms with Crippen molar-refractivity contribution < 1.29 is 0 Å². The van der Waals surface area contributed by atoms with Crippen molar-refractivity contribution in [2.45, 2.75) is 6.42 Å². The molecule has 10 heavy (non-hydrogen) atoms. The highest BCUT2D eigenvalue weighted by Gasteiger charge is 1.93. The lowest BCUT2D eigenvalue weighted by Crippen LogP contribution is -1.79. The zero-order chi connectivity index (χ0) is 7.40. The second-order valence-electron chi connectivity index (χ2n) is 2.08. The zero-order valence-electron chi connectivity index (χ0n) is 5.68. The lowest BCUT2D eigenvalue weighted by Gasteiger charge is -1.97. The monoisotopic (exact) mass is 152 g/mol. The summed E-state index contributed by atoms with van der Waals surface area (Å²) in [6.07, 6.45) is 2.70. The minimum atomic E-state index is 0.822. The van der Waals surface area contributed by atoms with Crippen molar-refractivity contribution in [3.63, 3.8) is 0 Å². The van der Waals surface area contributed by atoms with Gasteiger partial charge in [0.1, 0.15) is 0 Å². The van der Waals surface area contributed by atoms with Crippen LogP contribution >= 0.6 is 11.6 Å². The van der Waals surface area contributed by atoms with E-state index in [9.17, 15) is 0 Å². The average molecular weight is 153 g/mol. The minimum Gasteiger partial charge on any atom is -0.103 e. The molecule has 0 unspecified atom stereocenters. The number of hydrogen-bond donors (Lipinski definition) is 0. The first-order valence-electron chi connectivity index (χ1n) is 3.19. The van der Waals surface area contributed by atoms with Gasteiger partial charge in [-0.25, -0.2) is 0 Å². The second kappa shape index (κ2) is 3.43. The van der Waals surface area contributed by atoms with Gasteiger partial charge in [0, 0.05) is 5.02 Å². The molecule has 0 atom stereocenters. The van der Waals surface area contributed by atoms with E-state index in [1.54, 1.807) is 0 Å². The Morgan fingerprint density at radius 1 is 1.40 bits per heavy atom. The molecule has 1 aromatic carbocycles. The predicted octanol–water partition coefficient (Wildman–Crippen LogP) is 3.07. The molecule has 0 aliphatic heterocycles. The third-order valence-electron chi connectivity index (χ3n) is 1.32. The first-order chi connectivity index (χ1) is 4.84. The minimum absolute atomic E-state index is 0.822. The standard InChI is InChI=1S/C9H9Cl/c1-2-5-8-6-3-4-7-9(8)10/h2-4,6-7H,1,5H2. The summed E-state index contributed by atoms with van der Waals surface area (Å²) in [6, 6.07) is 7.80. The van der Waals surface area contributed by atoms with Gasteiger partial charge in [0.2, 0.25) is 0 Å². The average Bonchev–Trinajstić information content (AvgIpc) is 1.94. The summed E-state index contributed by atoms with van der Waals surface area (Å²) in [5.41, 5.74) is 1.14. The summed E-state index contributed by atoms with van der Waals surface area (Å²) >= 11 is 5.86. The molecule has 0 bridgehead atoms. The van der Waals surface area contributed by atoms with Crippen molar-refractivity contribution in [1.82, 2.24) is 0 Å². The third-order valence-corrected chi connectivity index (χ3v) is 1.69. The Bertz CT molecular complexity index is 228. The molecule has 1 heteroatoms. The fourth-order valence-corrected chi connectivity index (χ4v) is 1.03. The highest BCUT2D eigenvalue weighted by atomic mass is 35.5. The zero-order valence-corrected chi connectivity index (χ0v) is 6.43. The molecule has 0 fully saturated rings. The Hall–Kier alpha value is -0.750. The quantitative estimate of drug-likeness (QED) is 0.572. The number of rotatable bonds is 2. The van der Waals surface area contributed by atoms with Crippen LogP contribution in [0.15, 0.2) is 36.9 Å². The van der Waals surface area contributed by atoms with E-state index in [-0.39, 0.29) is 0 Å². The van der Waals surface area contributed by atoms with Crippen LogP contribution in [0.5, 0.6) is 0 Å². The molecular formula is C9H9Cl. The van der Waals surface area contributed by atoms with Gasteiger partial charge in [-0.15, -0.1) is 6.58 Å². The summed E-state index contributed by atoms with van der Waals surface area (Å²) in [5, 5.41) is 0.822. The molecular weight excluding hydrogens is 144 g/mol. The molecule has 1 aromatic rings. The van der Waals surface area contributed by atoms with Crippen LogP contribution in [0.4, 0.5) is 0 Å². The van der Waals surface area contributed by atoms with E-state index in [1.807, 2.05) is 30.3 Å². The van der Waals surface area contributed by atoms with E-state index in [0.717, 1.165) is 17.0 Å². The van der Waals surface area contributed by atoms with Gasteiger partial charge in [-0.3, -0.25) is 0 Å². The molecule has 0 amide bonds. The molecule has 52 valence electrons. The smallest absolute Gasteiger partial charge is 0.0441 e.